The zero-order valence-electron chi connectivity index (χ0n) is 13.1. The molecule has 0 saturated heterocycles. The van der Waals surface area contributed by atoms with Crippen molar-refractivity contribution in [2.75, 3.05) is 40.8 Å². The predicted molar refractivity (Wildman–Crippen MR) is 81.6 cm³/mol. The highest BCUT2D eigenvalue weighted by Crippen LogP contribution is 2.13. The highest BCUT2D eigenvalue weighted by Gasteiger charge is 2.20. The van der Waals surface area contributed by atoms with E-state index in [9.17, 15) is 0 Å². The Labute approximate surface area is 114 Å². The minimum atomic E-state index is 1.17. The Morgan fingerprint density at radius 3 is 1.56 bits per heavy atom. The van der Waals surface area contributed by atoms with Gasteiger partial charge in [-0.3, -0.25) is 0 Å². The van der Waals surface area contributed by atoms with Crippen molar-refractivity contribution < 1.29 is 4.48 Å². The summed E-state index contributed by atoms with van der Waals surface area (Å²) >= 11 is 0. The molecule has 1 aromatic carbocycles. The standard InChI is InChI=1S/C13H22N.C3H9N/c1-4-14(5-2,6-3)12-13-10-8-7-9-11-13;1-4(2)3/h7-11H,4-6,12H2,1-3H3;1-3H3/q+1;. The van der Waals surface area contributed by atoms with Gasteiger partial charge < -0.3 is 9.38 Å². The van der Waals surface area contributed by atoms with Crippen LogP contribution in [0.15, 0.2) is 30.3 Å². The molecule has 0 amide bonds. The zero-order chi connectivity index (χ0) is 14.0. The third kappa shape index (κ3) is 6.77. The Morgan fingerprint density at radius 1 is 0.833 bits per heavy atom. The van der Waals surface area contributed by atoms with E-state index in [0.29, 0.717) is 0 Å². The molecular formula is C16H31N2+. The Morgan fingerprint density at radius 2 is 1.22 bits per heavy atom. The lowest BCUT2D eigenvalue weighted by Gasteiger charge is -2.35. The van der Waals surface area contributed by atoms with Crippen LogP contribution in [0.5, 0.6) is 0 Å². The smallest absolute Gasteiger partial charge is 0.104 e. The molecule has 0 aliphatic rings. The summed E-state index contributed by atoms with van der Waals surface area (Å²) in [7, 11) is 6.00. The van der Waals surface area contributed by atoms with E-state index in [0.717, 1.165) is 0 Å². The van der Waals surface area contributed by atoms with Gasteiger partial charge in [0.2, 0.25) is 0 Å². The minimum absolute atomic E-state index is 1.17. The quantitative estimate of drug-likeness (QED) is 0.726. The molecular weight excluding hydrogens is 220 g/mol. The van der Waals surface area contributed by atoms with Gasteiger partial charge in [0.1, 0.15) is 6.54 Å². The number of benzene rings is 1. The van der Waals surface area contributed by atoms with Crippen LogP contribution in [0.1, 0.15) is 26.3 Å². The topological polar surface area (TPSA) is 3.24 Å². The maximum Gasteiger partial charge on any atom is 0.104 e. The molecule has 0 saturated carbocycles. The summed E-state index contributed by atoms with van der Waals surface area (Å²) in [6, 6.07) is 10.8. The van der Waals surface area contributed by atoms with E-state index in [1.807, 2.05) is 26.0 Å². The summed E-state index contributed by atoms with van der Waals surface area (Å²) in [5, 5.41) is 0. The van der Waals surface area contributed by atoms with Crippen LogP contribution in [0, 0.1) is 0 Å². The predicted octanol–water partition coefficient (Wildman–Crippen LogP) is 3.24. The van der Waals surface area contributed by atoms with Crippen LogP contribution in [-0.2, 0) is 6.54 Å². The first-order chi connectivity index (χ1) is 8.49. The fourth-order valence-electron chi connectivity index (χ4n) is 1.98. The van der Waals surface area contributed by atoms with Gasteiger partial charge in [-0.1, -0.05) is 30.3 Å². The van der Waals surface area contributed by atoms with E-state index < -0.39 is 0 Å². The first kappa shape index (κ1) is 17.1. The van der Waals surface area contributed by atoms with Gasteiger partial charge in [-0.15, -0.1) is 0 Å². The van der Waals surface area contributed by atoms with E-state index in [4.69, 9.17) is 0 Å². The third-order valence-electron chi connectivity index (χ3n) is 3.37. The maximum absolute atomic E-state index is 2.29. The minimum Gasteiger partial charge on any atom is -0.321 e. The van der Waals surface area contributed by atoms with E-state index in [1.165, 1.54) is 36.2 Å². The highest BCUT2D eigenvalue weighted by molar-refractivity contribution is 5.13. The average Bonchev–Trinajstić information content (AvgIpc) is 2.37. The molecule has 0 N–H and O–H groups in total. The molecule has 0 fully saturated rings. The number of quaternary nitrogens is 1. The Balaban J connectivity index is 0.000000631. The summed E-state index contributed by atoms with van der Waals surface area (Å²) < 4.78 is 1.20. The van der Waals surface area contributed by atoms with Crippen LogP contribution < -0.4 is 0 Å². The third-order valence-corrected chi connectivity index (χ3v) is 3.37. The van der Waals surface area contributed by atoms with E-state index >= 15 is 0 Å². The lowest BCUT2D eigenvalue weighted by molar-refractivity contribution is -0.936. The second kappa shape index (κ2) is 9.12. The van der Waals surface area contributed by atoms with Gasteiger partial charge in [-0.05, 0) is 41.9 Å². The van der Waals surface area contributed by atoms with Crippen molar-refractivity contribution in [1.29, 1.82) is 0 Å². The summed E-state index contributed by atoms with van der Waals surface area (Å²) in [6.07, 6.45) is 0. The van der Waals surface area contributed by atoms with Crippen molar-refractivity contribution in [2.24, 2.45) is 0 Å². The summed E-state index contributed by atoms with van der Waals surface area (Å²) in [6.45, 7) is 11.7. The SMILES string of the molecule is CC[N+](CC)(CC)Cc1ccccc1.CN(C)C. The van der Waals surface area contributed by atoms with Crippen LogP contribution >= 0.6 is 0 Å². The van der Waals surface area contributed by atoms with Crippen molar-refractivity contribution in [1.82, 2.24) is 4.90 Å². The van der Waals surface area contributed by atoms with E-state index in [2.05, 4.69) is 51.1 Å². The molecule has 18 heavy (non-hydrogen) atoms. The van der Waals surface area contributed by atoms with Crippen molar-refractivity contribution in [3.63, 3.8) is 0 Å². The zero-order valence-corrected chi connectivity index (χ0v) is 13.1. The number of hydrogen-bond acceptors (Lipinski definition) is 1. The second-order valence-corrected chi connectivity index (χ2v) is 5.28. The molecule has 0 aliphatic heterocycles. The molecule has 0 atom stereocenters. The molecule has 1 rings (SSSR count). The Hall–Kier alpha value is -0.860. The molecule has 2 heteroatoms. The monoisotopic (exact) mass is 251 g/mol. The summed E-state index contributed by atoms with van der Waals surface area (Å²) in [5.41, 5.74) is 1.46. The van der Waals surface area contributed by atoms with Crippen molar-refractivity contribution in [3.05, 3.63) is 35.9 Å². The normalized spacial score (nSPS) is 11.1. The van der Waals surface area contributed by atoms with Crippen LogP contribution in [0.3, 0.4) is 0 Å². The first-order valence-corrected chi connectivity index (χ1v) is 6.99. The lowest BCUT2D eigenvalue weighted by atomic mass is 10.2. The molecule has 0 aromatic heterocycles. The van der Waals surface area contributed by atoms with Gasteiger partial charge in [0.25, 0.3) is 0 Å². The van der Waals surface area contributed by atoms with Crippen LogP contribution in [-0.4, -0.2) is 50.2 Å². The Bertz CT molecular complexity index is 278. The fourth-order valence-corrected chi connectivity index (χ4v) is 1.98. The van der Waals surface area contributed by atoms with Crippen LogP contribution in [0.2, 0.25) is 0 Å². The molecule has 0 spiro atoms. The second-order valence-electron chi connectivity index (χ2n) is 5.28. The van der Waals surface area contributed by atoms with Crippen molar-refractivity contribution >= 4 is 0 Å². The molecule has 0 heterocycles. The van der Waals surface area contributed by atoms with Gasteiger partial charge >= 0.3 is 0 Å². The van der Waals surface area contributed by atoms with Crippen molar-refractivity contribution in [2.45, 2.75) is 27.3 Å². The molecule has 1 aromatic rings. The van der Waals surface area contributed by atoms with Gasteiger partial charge in [0, 0.05) is 5.56 Å². The van der Waals surface area contributed by atoms with Crippen LogP contribution in [0.4, 0.5) is 0 Å². The van der Waals surface area contributed by atoms with Gasteiger partial charge in [-0.25, -0.2) is 0 Å². The fraction of sp³-hybridized carbons (Fsp3) is 0.625. The molecule has 0 unspecified atom stereocenters. The number of nitrogens with zero attached hydrogens (tertiary/aromatic N) is 2. The van der Waals surface area contributed by atoms with Gasteiger partial charge in [0.15, 0.2) is 0 Å². The lowest BCUT2D eigenvalue weighted by Crippen LogP contribution is -2.46. The Kier molecular flexibility index (Phi) is 8.69. The molecule has 2 nitrogen and oxygen atoms in total. The van der Waals surface area contributed by atoms with E-state index in [1.54, 1.807) is 0 Å². The van der Waals surface area contributed by atoms with Crippen molar-refractivity contribution in [3.8, 4) is 0 Å². The molecule has 0 bridgehead atoms. The first-order valence-electron chi connectivity index (χ1n) is 6.99. The largest absolute Gasteiger partial charge is 0.321 e. The highest BCUT2D eigenvalue weighted by atomic mass is 15.3. The maximum atomic E-state index is 2.29. The average molecular weight is 251 g/mol. The summed E-state index contributed by atoms with van der Waals surface area (Å²) in [5.74, 6) is 0. The molecule has 104 valence electrons. The molecule has 0 aliphatic carbocycles. The van der Waals surface area contributed by atoms with Crippen LogP contribution in [0.25, 0.3) is 0 Å². The molecule has 0 radical (unpaired) electrons. The number of rotatable bonds is 5. The number of hydrogen-bond donors (Lipinski definition) is 0. The van der Waals surface area contributed by atoms with Gasteiger partial charge in [-0.2, -0.15) is 0 Å². The summed E-state index contributed by atoms with van der Waals surface area (Å²) in [4.78, 5) is 2.00. The van der Waals surface area contributed by atoms with Gasteiger partial charge in [0.05, 0.1) is 19.6 Å². The van der Waals surface area contributed by atoms with E-state index in [-0.39, 0.29) is 0 Å².